The molecule has 3 nitrogen and oxygen atoms in total. The fourth-order valence-electron chi connectivity index (χ4n) is 2.50. The number of amides is 1. The van der Waals surface area contributed by atoms with Gasteiger partial charge in [-0.3, -0.25) is 4.79 Å². The third-order valence-corrected chi connectivity index (χ3v) is 4.94. The number of nitrogens with two attached hydrogens (primary N) is 1. The van der Waals surface area contributed by atoms with Crippen molar-refractivity contribution in [2.45, 2.75) is 36.6 Å². The monoisotopic (exact) mass is 312 g/mol. The van der Waals surface area contributed by atoms with Crippen LogP contribution in [0.25, 0.3) is 0 Å². The molecule has 0 spiro atoms. The maximum atomic E-state index is 12.1. The second-order valence-electron chi connectivity index (χ2n) is 5.02. The first-order valence-corrected chi connectivity index (χ1v) is 8.45. The van der Waals surface area contributed by atoms with Gasteiger partial charge in [0.05, 0.1) is 0 Å². The number of carbonyl (C=O) groups is 1. The minimum absolute atomic E-state index is 0.259. The summed E-state index contributed by atoms with van der Waals surface area (Å²) in [4.78, 5) is 15.3. The third-order valence-electron chi connectivity index (χ3n) is 3.59. The second-order valence-corrected chi connectivity index (χ2v) is 6.63. The quantitative estimate of drug-likeness (QED) is 0.648. The van der Waals surface area contributed by atoms with Crippen LogP contribution < -0.4 is 5.73 Å². The van der Waals surface area contributed by atoms with Gasteiger partial charge in [-0.05, 0) is 49.3 Å². The van der Waals surface area contributed by atoms with Crippen molar-refractivity contribution in [2.24, 2.45) is 5.73 Å². The number of nitrogens with zero attached hydrogens (tertiary/aromatic N) is 1. The first-order chi connectivity index (χ1) is 9.70. The molecule has 1 unspecified atom stereocenters. The number of thioether (sulfide) groups is 1. The molecule has 5 heteroatoms. The molecular formula is C15H21ClN2OS. The normalized spacial score (nSPS) is 18.5. The van der Waals surface area contributed by atoms with E-state index < -0.39 is 0 Å². The third kappa shape index (κ3) is 4.40. The maximum absolute atomic E-state index is 12.1. The average molecular weight is 313 g/mol. The van der Waals surface area contributed by atoms with Crippen LogP contribution in [0.4, 0.5) is 0 Å². The van der Waals surface area contributed by atoms with Gasteiger partial charge in [0.25, 0.3) is 0 Å². The zero-order chi connectivity index (χ0) is 14.4. The molecule has 1 saturated heterocycles. The van der Waals surface area contributed by atoms with Crippen molar-refractivity contribution in [3.63, 3.8) is 0 Å². The summed E-state index contributed by atoms with van der Waals surface area (Å²) in [7, 11) is 0. The Morgan fingerprint density at radius 3 is 2.85 bits per heavy atom. The number of hydrogen-bond donors (Lipinski definition) is 1. The van der Waals surface area contributed by atoms with Gasteiger partial charge in [-0.25, -0.2) is 0 Å². The van der Waals surface area contributed by atoms with Gasteiger partial charge in [0.2, 0.25) is 5.91 Å². The second kappa shape index (κ2) is 7.91. The lowest BCUT2D eigenvalue weighted by Gasteiger charge is -2.23. The van der Waals surface area contributed by atoms with E-state index in [0.29, 0.717) is 13.0 Å². The lowest BCUT2D eigenvalue weighted by molar-refractivity contribution is -0.131. The number of halogens is 1. The van der Waals surface area contributed by atoms with Crippen molar-refractivity contribution in [3.05, 3.63) is 29.3 Å². The Balaban J connectivity index is 1.68. The van der Waals surface area contributed by atoms with Crippen LogP contribution in [0.3, 0.4) is 0 Å². The first-order valence-electron chi connectivity index (χ1n) is 7.08. The van der Waals surface area contributed by atoms with Gasteiger partial charge in [-0.2, -0.15) is 0 Å². The van der Waals surface area contributed by atoms with Crippen LogP contribution in [-0.2, 0) is 4.79 Å². The van der Waals surface area contributed by atoms with E-state index in [2.05, 4.69) is 0 Å². The lowest BCUT2D eigenvalue weighted by Crippen LogP contribution is -2.39. The number of rotatable bonds is 6. The van der Waals surface area contributed by atoms with Gasteiger partial charge in [0.15, 0.2) is 0 Å². The largest absolute Gasteiger partial charge is 0.338 e. The molecule has 0 aromatic heterocycles. The van der Waals surface area contributed by atoms with Gasteiger partial charge in [-0.15, -0.1) is 11.8 Å². The summed E-state index contributed by atoms with van der Waals surface area (Å²) in [5.74, 6) is 1.21. The zero-order valence-corrected chi connectivity index (χ0v) is 13.1. The molecule has 1 aromatic carbocycles. The molecule has 1 aromatic rings. The summed E-state index contributed by atoms with van der Waals surface area (Å²) in [5, 5.41) is 0.756. The molecule has 0 radical (unpaired) electrons. The van der Waals surface area contributed by atoms with Gasteiger partial charge in [-0.1, -0.05) is 11.6 Å². The van der Waals surface area contributed by atoms with E-state index in [0.717, 1.165) is 36.6 Å². The fraction of sp³-hybridized carbons (Fsp3) is 0.533. The van der Waals surface area contributed by atoms with Gasteiger partial charge in [0, 0.05) is 35.5 Å². The molecule has 20 heavy (non-hydrogen) atoms. The number of hydrogen-bond acceptors (Lipinski definition) is 3. The van der Waals surface area contributed by atoms with E-state index >= 15 is 0 Å². The van der Waals surface area contributed by atoms with Crippen LogP contribution in [0.15, 0.2) is 29.2 Å². The Hall–Kier alpha value is -0.710. The minimum Gasteiger partial charge on any atom is -0.338 e. The molecule has 0 aliphatic carbocycles. The Morgan fingerprint density at radius 1 is 1.40 bits per heavy atom. The van der Waals surface area contributed by atoms with Crippen LogP contribution >= 0.6 is 23.4 Å². The Bertz CT molecular complexity index is 438. The van der Waals surface area contributed by atoms with Crippen molar-refractivity contribution in [3.8, 4) is 0 Å². The van der Waals surface area contributed by atoms with Crippen LogP contribution in [0, 0.1) is 0 Å². The van der Waals surface area contributed by atoms with Crippen LogP contribution in [0.1, 0.15) is 25.7 Å². The van der Waals surface area contributed by atoms with Crippen molar-refractivity contribution in [1.82, 2.24) is 4.90 Å². The maximum Gasteiger partial charge on any atom is 0.222 e. The predicted octanol–water partition coefficient (Wildman–Crippen LogP) is 3.16. The molecule has 110 valence electrons. The number of likely N-dealkylation sites (tertiary alicyclic amines) is 1. The van der Waals surface area contributed by atoms with Crippen LogP contribution in [-0.4, -0.2) is 35.7 Å². The standard InChI is InChI=1S/C15H21ClN2OS/c16-12-5-7-14(8-6-12)20-10-2-4-15(19)18-9-1-3-13(18)11-17/h5-8,13H,1-4,9-11,17H2. The van der Waals surface area contributed by atoms with Crippen LogP contribution in [0.2, 0.25) is 5.02 Å². The molecule has 0 bridgehead atoms. The minimum atomic E-state index is 0.259. The summed E-state index contributed by atoms with van der Waals surface area (Å²) >= 11 is 7.61. The smallest absolute Gasteiger partial charge is 0.222 e. The van der Waals surface area contributed by atoms with E-state index in [1.807, 2.05) is 29.2 Å². The van der Waals surface area contributed by atoms with E-state index in [1.165, 1.54) is 4.90 Å². The molecule has 1 fully saturated rings. The van der Waals surface area contributed by atoms with E-state index in [4.69, 9.17) is 17.3 Å². The van der Waals surface area contributed by atoms with Crippen molar-refractivity contribution < 1.29 is 4.79 Å². The highest BCUT2D eigenvalue weighted by molar-refractivity contribution is 7.99. The topological polar surface area (TPSA) is 46.3 Å². The van der Waals surface area contributed by atoms with E-state index in [1.54, 1.807) is 11.8 Å². The Morgan fingerprint density at radius 2 is 2.15 bits per heavy atom. The van der Waals surface area contributed by atoms with E-state index in [9.17, 15) is 4.79 Å². The highest BCUT2D eigenvalue weighted by Crippen LogP contribution is 2.22. The molecule has 0 saturated carbocycles. The lowest BCUT2D eigenvalue weighted by atomic mass is 10.2. The highest BCUT2D eigenvalue weighted by Gasteiger charge is 2.26. The molecule has 1 aliphatic heterocycles. The van der Waals surface area contributed by atoms with Gasteiger partial charge in [0.1, 0.15) is 0 Å². The fourth-order valence-corrected chi connectivity index (χ4v) is 3.48. The first kappa shape index (κ1) is 15.7. The summed E-state index contributed by atoms with van der Waals surface area (Å²) < 4.78 is 0. The molecular weight excluding hydrogens is 292 g/mol. The summed E-state index contributed by atoms with van der Waals surface area (Å²) in [6.07, 6.45) is 3.67. The predicted molar refractivity (Wildman–Crippen MR) is 85.2 cm³/mol. The van der Waals surface area contributed by atoms with Crippen molar-refractivity contribution >= 4 is 29.3 Å². The number of carbonyl (C=O) groups excluding carboxylic acids is 1. The van der Waals surface area contributed by atoms with Gasteiger partial charge >= 0.3 is 0 Å². The van der Waals surface area contributed by atoms with Crippen molar-refractivity contribution in [1.29, 1.82) is 0 Å². The number of benzene rings is 1. The summed E-state index contributed by atoms with van der Waals surface area (Å²) in [6.45, 7) is 1.47. The molecule has 1 heterocycles. The molecule has 1 atom stereocenters. The highest BCUT2D eigenvalue weighted by atomic mass is 35.5. The van der Waals surface area contributed by atoms with Crippen LogP contribution in [0.5, 0.6) is 0 Å². The average Bonchev–Trinajstić information content (AvgIpc) is 2.94. The zero-order valence-electron chi connectivity index (χ0n) is 11.6. The Kier molecular flexibility index (Phi) is 6.20. The molecule has 1 amide bonds. The van der Waals surface area contributed by atoms with E-state index in [-0.39, 0.29) is 11.9 Å². The van der Waals surface area contributed by atoms with Gasteiger partial charge < -0.3 is 10.6 Å². The molecule has 2 rings (SSSR count). The summed E-state index contributed by atoms with van der Waals surface area (Å²) in [6, 6.07) is 8.09. The SMILES string of the molecule is NCC1CCCN1C(=O)CCCSc1ccc(Cl)cc1. The molecule has 2 N–H and O–H groups in total. The summed E-state index contributed by atoms with van der Waals surface area (Å²) in [5.41, 5.74) is 5.70. The van der Waals surface area contributed by atoms with Crippen molar-refractivity contribution in [2.75, 3.05) is 18.8 Å². The molecule has 1 aliphatic rings. The Labute approximate surface area is 129 Å².